The first-order valence-corrected chi connectivity index (χ1v) is 7.41. The Bertz CT molecular complexity index is 311. The molecule has 0 aliphatic carbocycles. The fourth-order valence-corrected chi connectivity index (χ4v) is 3.32. The number of rotatable bonds is 6. The van der Waals surface area contributed by atoms with Gasteiger partial charge in [-0.1, -0.05) is 6.92 Å². The van der Waals surface area contributed by atoms with Crippen molar-refractivity contribution in [3.63, 3.8) is 0 Å². The Labute approximate surface area is 115 Å². The van der Waals surface area contributed by atoms with Crippen LogP contribution in [0.3, 0.4) is 0 Å². The minimum Gasteiger partial charge on any atom is -0.479 e. The Hall–Kier alpha value is -0.650. The van der Waals surface area contributed by atoms with Crippen molar-refractivity contribution in [1.29, 1.82) is 0 Å². The van der Waals surface area contributed by atoms with E-state index in [1.807, 2.05) is 0 Å². The Kier molecular flexibility index (Phi) is 5.19. The molecular weight excluding hydrogens is 244 g/mol. The number of carbonyl (C=O) groups is 1. The lowest BCUT2D eigenvalue weighted by Crippen LogP contribution is -2.41. The van der Waals surface area contributed by atoms with Crippen LogP contribution >= 0.6 is 0 Å². The molecule has 0 saturated carbocycles. The second kappa shape index (κ2) is 6.68. The van der Waals surface area contributed by atoms with Crippen molar-refractivity contribution in [3.8, 4) is 0 Å². The van der Waals surface area contributed by atoms with Crippen LogP contribution < -0.4 is 0 Å². The van der Waals surface area contributed by atoms with Gasteiger partial charge in [0.15, 0.2) is 6.10 Å². The lowest BCUT2D eigenvalue weighted by molar-refractivity contribution is -0.149. The van der Waals surface area contributed by atoms with Crippen LogP contribution in [0, 0.1) is 0 Å². The molecule has 2 rings (SSSR count). The molecule has 2 fully saturated rings. The summed E-state index contributed by atoms with van der Waals surface area (Å²) >= 11 is 0. The Morgan fingerprint density at radius 3 is 2.79 bits per heavy atom. The molecular formula is C14H26N2O3. The zero-order chi connectivity index (χ0) is 13.8. The zero-order valence-corrected chi connectivity index (χ0v) is 12.0. The number of carboxylic acids is 1. The van der Waals surface area contributed by atoms with E-state index >= 15 is 0 Å². The molecule has 5 heteroatoms. The molecule has 19 heavy (non-hydrogen) atoms. The van der Waals surface area contributed by atoms with Gasteiger partial charge in [-0.3, -0.25) is 4.90 Å². The van der Waals surface area contributed by atoms with E-state index in [1.165, 1.54) is 19.4 Å². The fraction of sp³-hybridized carbons (Fsp3) is 0.929. The third-order valence-electron chi connectivity index (χ3n) is 4.33. The molecule has 0 radical (unpaired) electrons. The van der Waals surface area contributed by atoms with Gasteiger partial charge in [0.05, 0.1) is 6.10 Å². The van der Waals surface area contributed by atoms with Gasteiger partial charge < -0.3 is 14.7 Å². The molecule has 2 aliphatic rings. The van der Waals surface area contributed by atoms with Gasteiger partial charge in [-0.05, 0) is 45.8 Å². The molecule has 3 atom stereocenters. The van der Waals surface area contributed by atoms with E-state index in [1.54, 1.807) is 0 Å². The average molecular weight is 270 g/mol. The standard InChI is InChI=1S/C14H26N2O3/c1-3-16-8-4-5-11(16)9-15(2)10-12-6-7-13(19-12)14(17)18/h11-13H,3-10H2,1-2H3,(H,17,18). The van der Waals surface area contributed by atoms with Crippen LogP contribution in [0.15, 0.2) is 0 Å². The van der Waals surface area contributed by atoms with E-state index < -0.39 is 12.1 Å². The molecule has 0 bridgehead atoms. The molecule has 5 nitrogen and oxygen atoms in total. The SMILES string of the molecule is CCN1CCCC1CN(C)CC1CCC(C(=O)O)O1. The van der Waals surface area contributed by atoms with E-state index in [9.17, 15) is 4.79 Å². The van der Waals surface area contributed by atoms with Gasteiger partial charge in [0.2, 0.25) is 0 Å². The van der Waals surface area contributed by atoms with Crippen LogP contribution in [-0.2, 0) is 9.53 Å². The highest BCUT2D eigenvalue weighted by atomic mass is 16.5. The summed E-state index contributed by atoms with van der Waals surface area (Å²) in [5.41, 5.74) is 0. The molecule has 2 heterocycles. The number of likely N-dealkylation sites (N-methyl/N-ethyl adjacent to an activating group) is 2. The lowest BCUT2D eigenvalue weighted by atomic mass is 10.1. The van der Waals surface area contributed by atoms with Crippen molar-refractivity contribution < 1.29 is 14.6 Å². The summed E-state index contributed by atoms with van der Waals surface area (Å²) in [5, 5.41) is 8.92. The first kappa shape index (κ1) is 14.8. The second-order valence-corrected chi connectivity index (χ2v) is 5.81. The minimum absolute atomic E-state index is 0.0857. The molecule has 3 unspecified atom stereocenters. The van der Waals surface area contributed by atoms with Gasteiger partial charge in [0, 0.05) is 19.1 Å². The lowest BCUT2D eigenvalue weighted by Gasteiger charge is -2.29. The van der Waals surface area contributed by atoms with Crippen molar-refractivity contribution in [1.82, 2.24) is 9.80 Å². The molecule has 1 N–H and O–H groups in total. The second-order valence-electron chi connectivity index (χ2n) is 5.81. The van der Waals surface area contributed by atoms with Crippen molar-refractivity contribution >= 4 is 5.97 Å². The Morgan fingerprint density at radius 2 is 2.16 bits per heavy atom. The quantitative estimate of drug-likeness (QED) is 0.781. The van der Waals surface area contributed by atoms with Crippen LogP contribution in [0.1, 0.15) is 32.6 Å². The topological polar surface area (TPSA) is 53.0 Å². The first-order chi connectivity index (χ1) is 9.10. The maximum atomic E-state index is 10.8. The largest absolute Gasteiger partial charge is 0.479 e. The van der Waals surface area contributed by atoms with E-state index in [-0.39, 0.29) is 6.10 Å². The smallest absolute Gasteiger partial charge is 0.332 e. The van der Waals surface area contributed by atoms with Gasteiger partial charge in [-0.2, -0.15) is 0 Å². The van der Waals surface area contributed by atoms with E-state index in [0.717, 1.165) is 26.1 Å². The first-order valence-electron chi connectivity index (χ1n) is 7.41. The average Bonchev–Trinajstić information content (AvgIpc) is 2.97. The number of likely N-dealkylation sites (tertiary alicyclic amines) is 1. The van der Waals surface area contributed by atoms with E-state index in [2.05, 4.69) is 23.8 Å². The van der Waals surface area contributed by atoms with Gasteiger partial charge >= 0.3 is 5.97 Å². The van der Waals surface area contributed by atoms with Crippen molar-refractivity contribution in [3.05, 3.63) is 0 Å². The van der Waals surface area contributed by atoms with Crippen molar-refractivity contribution in [2.24, 2.45) is 0 Å². The summed E-state index contributed by atoms with van der Waals surface area (Å²) in [6.07, 6.45) is 3.59. The van der Waals surface area contributed by atoms with Gasteiger partial charge in [-0.25, -0.2) is 4.79 Å². The molecule has 0 spiro atoms. The number of carboxylic acid groups (broad SMARTS) is 1. The molecule has 0 amide bonds. The van der Waals surface area contributed by atoms with E-state index in [0.29, 0.717) is 12.5 Å². The predicted molar refractivity (Wildman–Crippen MR) is 73.3 cm³/mol. The highest BCUT2D eigenvalue weighted by molar-refractivity contribution is 5.72. The summed E-state index contributed by atoms with van der Waals surface area (Å²) in [7, 11) is 2.11. The highest BCUT2D eigenvalue weighted by Gasteiger charge is 2.32. The summed E-state index contributed by atoms with van der Waals surface area (Å²) < 4.78 is 5.56. The number of hydrogen-bond acceptors (Lipinski definition) is 4. The Morgan fingerprint density at radius 1 is 1.37 bits per heavy atom. The molecule has 0 aromatic rings. The van der Waals surface area contributed by atoms with Gasteiger partial charge in [0.25, 0.3) is 0 Å². The predicted octanol–water partition coefficient (Wildman–Crippen LogP) is 1.03. The summed E-state index contributed by atoms with van der Waals surface area (Å²) in [6, 6.07) is 0.659. The number of hydrogen-bond donors (Lipinski definition) is 1. The normalized spacial score (nSPS) is 32.3. The van der Waals surface area contributed by atoms with Crippen molar-refractivity contribution in [2.75, 3.05) is 33.2 Å². The van der Waals surface area contributed by atoms with Crippen LogP contribution in [-0.4, -0.2) is 72.4 Å². The van der Waals surface area contributed by atoms with Crippen LogP contribution in [0.2, 0.25) is 0 Å². The van der Waals surface area contributed by atoms with Gasteiger partial charge in [-0.15, -0.1) is 0 Å². The molecule has 110 valence electrons. The summed E-state index contributed by atoms with van der Waals surface area (Å²) in [6.45, 7) is 6.47. The Balaban J connectivity index is 1.73. The number of nitrogens with zero attached hydrogens (tertiary/aromatic N) is 2. The maximum Gasteiger partial charge on any atom is 0.332 e. The monoisotopic (exact) mass is 270 g/mol. The third-order valence-corrected chi connectivity index (χ3v) is 4.33. The number of aliphatic carboxylic acids is 1. The van der Waals surface area contributed by atoms with Crippen molar-refractivity contribution in [2.45, 2.75) is 50.9 Å². The van der Waals surface area contributed by atoms with E-state index in [4.69, 9.17) is 9.84 Å². The molecule has 2 aliphatic heterocycles. The third kappa shape index (κ3) is 3.91. The maximum absolute atomic E-state index is 10.8. The van der Waals surface area contributed by atoms with Crippen LogP contribution in [0.5, 0.6) is 0 Å². The summed E-state index contributed by atoms with van der Waals surface area (Å²) in [5.74, 6) is -0.821. The van der Waals surface area contributed by atoms with Crippen LogP contribution in [0.25, 0.3) is 0 Å². The fourth-order valence-electron chi connectivity index (χ4n) is 3.32. The highest BCUT2D eigenvalue weighted by Crippen LogP contribution is 2.22. The minimum atomic E-state index is -0.821. The molecule has 0 aromatic heterocycles. The molecule has 2 saturated heterocycles. The number of ether oxygens (including phenoxy) is 1. The molecule has 0 aromatic carbocycles. The zero-order valence-electron chi connectivity index (χ0n) is 12.0. The van der Waals surface area contributed by atoms with Gasteiger partial charge in [0.1, 0.15) is 0 Å². The van der Waals surface area contributed by atoms with Crippen LogP contribution in [0.4, 0.5) is 0 Å². The summed E-state index contributed by atoms with van der Waals surface area (Å²) in [4.78, 5) is 15.7.